The maximum Gasteiger partial charge on any atom is 0.339 e. The Morgan fingerprint density at radius 1 is 1.05 bits per heavy atom. The zero-order chi connectivity index (χ0) is 26.9. The third-order valence-corrected chi connectivity index (χ3v) is 9.06. The van der Waals surface area contributed by atoms with E-state index in [0.29, 0.717) is 43.1 Å². The number of amides is 1. The van der Waals surface area contributed by atoms with E-state index in [1.165, 1.54) is 0 Å². The minimum absolute atomic E-state index is 0.0324. The number of likely N-dealkylation sites (tertiary alicyclic amines) is 1. The van der Waals surface area contributed by atoms with Gasteiger partial charge in [0, 0.05) is 54.5 Å². The molecule has 0 spiro atoms. The Morgan fingerprint density at radius 3 is 2.72 bits per heavy atom. The molecule has 2 bridgehead atoms. The number of aryl methyl sites for hydroxylation is 2. The number of carbonyl (C=O) groups excluding carboxylic acids is 1. The van der Waals surface area contributed by atoms with E-state index in [-0.39, 0.29) is 41.1 Å². The van der Waals surface area contributed by atoms with Gasteiger partial charge >= 0.3 is 5.63 Å². The molecular weight excluding hydrogens is 496 g/mol. The van der Waals surface area contributed by atoms with Crippen LogP contribution < -0.4 is 20.7 Å². The quantitative estimate of drug-likeness (QED) is 0.476. The van der Waals surface area contributed by atoms with E-state index in [9.17, 15) is 14.4 Å². The summed E-state index contributed by atoms with van der Waals surface area (Å²) in [7, 11) is 0. The summed E-state index contributed by atoms with van der Waals surface area (Å²) in [6.45, 7) is 5.83. The second-order valence-corrected chi connectivity index (χ2v) is 12.3. The van der Waals surface area contributed by atoms with Crippen molar-refractivity contribution in [3.05, 3.63) is 67.4 Å². The van der Waals surface area contributed by atoms with Crippen molar-refractivity contribution in [1.82, 2.24) is 9.47 Å². The summed E-state index contributed by atoms with van der Waals surface area (Å²) in [6, 6.07) is 7.32. The molecule has 1 aliphatic carbocycles. The lowest BCUT2D eigenvalue weighted by Crippen LogP contribution is -2.50. The van der Waals surface area contributed by atoms with Crippen LogP contribution in [0.4, 0.5) is 0 Å². The van der Waals surface area contributed by atoms with Crippen molar-refractivity contribution >= 4 is 16.9 Å². The number of nitrogens with zero attached hydrogens (tertiary/aromatic N) is 2. The van der Waals surface area contributed by atoms with Crippen LogP contribution in [0.15, 0.2) is 38.3 Å². The Labute approximate surface area is 226 Å². The zero-order valence-electron chi connectivity index (χ0n) is 22.6. The first-order valence-electron chi connectivity index (χ1n) is 14.2. The predicted molar refractivity (Wildman–Crippen MR) is 146 cm³/mol. The number of ether oxygens (including phenoxy) is 2. The van der Waals surface area contributed by atoms with Crippen molar-refractivity contribution < 1.29 is 18.7 Å². The molecule has 3 aliphatic heterocycles. The lowest BCUT2D eigenvalue weighted by atomic mass is 9.83. The van der Waals surface area contributed by atoms with Crippen LogP contribution >= 0.6 is 0 Å². The van der Waals surface area contributed by atoms with Crippen molar-refractivity contribution in [2.75, 3.05) is 19.7 Å². The Morgan fingerprint density at radius 2 is 1.87 bits per heavy atom. The molecule has 0 saturated carbocycles. The number of carbonyl (C=O) groups is 1. The van der Waals surface area contributed by atoms with E-state index in [0.717, 1.165) is 66.3 Å². The van der Waals surface area contributed by atoms with Crippen LogP contribution in [0.5, 0.6) is 11.5 Å². The van der Waals surface area contributed by atoms with Crippen molar-refractivity contribution in [3.63, 3.8) is 0 Å². The number of benzene rings is 1. The fourth-order valence-electron chi connectivity index (χ4n) is 7.16. The first kappa shape index (κ1) is 24.5. The molecule has 3 aromatic rings. The molecule has 0 N–H and O–H groups in total. The first-order valence-corrected chi connectivity index (χ1v) is 14.2. The van der Waals surface area contributed by atoms with E-state index in [2.05, 4.69) is 0 Å². The number of pyridine rings is 1. The molecule has 39 heavy (non-hydrogen) atoms. The van der Waals surface area contributed by atoms with Crippen LogP contribution in [0.1, 0.15) is 67.8 Å². The Bertz CT molecular complexity index is 1620. The molecule has 5 heterocycles. The SMILES string of the molecule is CC1(C)CCc2c(cc(OCC(=O)N3CC4CC(C3)c3cccc(=O)n3C4)c3c4c(c(=O)oc23)CCCC4)O1. The van der Waals surface area contributed by atoms with Crippen LogP contribution in [-0.2, 0) is 30.6 Å². The van der Waals surface area contributed by atoms with Gasteiger partial charge in [0.2, 0.25) is 0 Å². The van der Waals surface area contributed by atoms with Crippen molar-refractivity contribution in [1.29, 1.82) is 0 Å². The molecule has 1 saturated heterocycles. The normalized spacial score (nSPS) is 22.9. The van der Waals surface area contributed by atoms with Crippen LogP contribution in [0, 0.1) is 5.92 Å². The van der Waals surface area contributed by atoms with E-state index < -0.39 is 0 Å². The summed E-state index contributed by atoms with van der Waals surface area (Å²) < 4.78 is 20.4. The molecule has 1 aromatic carbocycles. The molecule has 1 fully saturated rings. The van der Waals surface area contributed by atoms with Crippen LogP contribution in [0.25, 0.3) is 11.0 Å². The third-order valence-electron chi connectivity index (χ3n) is 9.06. The third kappa shape index (κ3) is 4.15. The van der Waals surface area contributed by atoms with Gasteiger partial charge in [-0.3, -0.25) is 9.59 Å². The average molecular weight is 531 g/mol. The second-order valence-electron chi connectivity index (χ2n) is 12.3. The number of piperidine rings is 1. The number of aromatic nitrogens is 1. The van der Waals surface area contributed by atoms with Gasteiger partial charge < -0.3 is 23.4 Å². The summed E-state index contributed by atoms with van der Waals surface area (Å²) in [4.78, 5) is 40.7. The van der Waals surface area contributed by atoms with Crippen molar-refractivity contribution in [2.24, 2.45) is 5.92 Å². The maximum atomic E-state index is 13.5. The van der Waals surface area contributed by atoms with Crippen LogP contribution in [0.2, 0.25) is 0 Å². The molecule has 4 aliphatic rings. The monoisotopic (exact) mass is 530 g/mol. The van der Waals surface area contributed by atoms with Gasteiger partial charge in [0.05, 0.1) is 5.39 Å². The molecule has 8 nitrogen and oxygen atoms in total. The zero-order valence-corrected chi connectivity index (χ0v) is 22.6. The first-order chi connectivity index (χ1) is 18.8. The van der Waals surface area contributed by atoms with Crippen LogP contribution in [-0.4, -0.2) is 40.7 Å². The minimum atomic E-state index is -0.341. The molecular formula is C31H34N2O6. The highest BCUT2D eigenvalue weighted by Gasteiger charge is 2.37. The number of rotatable bonds is 3. The molecule has 2 unspecified atom stereocenters. The Balaban J connectivity index is 1.21. The lowest BCUT2D eigenvalue weighted by Gasteiger charge is -2.42. The number of fused-ring (bicyclic) bond motifs is 9. The van der Waals surface area contributed by atoms with Gasteiger partial charge in [0.1, 0.15) is 22.7 Å². The molecule has 7 rings (SSSR count). The molecule has 8 heteroatoms. The molecule has 2 aromatic heterocycles. The fourth-order valence-corrected chi connectivity index (χ4v) is 7.16. The van der Waals surface area contributed by atoms with Gasteiger partial charge in [-0.1, -0.05) is 6.07 Å². The lowest BCUT2D eigenvalue weighted by molar-refractivity contribution is -0.136. The standard InChI is InChI=1S/C31H34N2O6/c1-31(2)11-10-22-24(39-31)13-25(28-20-6-3-4-7-21(20)30(36)38-29(22)28)37-17-27(35)32-14-18-12-19(16-32)23-8-5-9-26(34)33(23)15-18/h5,8-9,13,18-19H,3-4,6-7,10-12,14-17H2,1-2H3. The molecule has 2 atom stereocenters. The van der Waals surface area contributed by atoms with Gasteiger partial charge in [-0.25, -0.2) is 4.79 Å². The Kier molecular flexibility index (Phi) is 5.65. The fraction of sp³-hybridized carbons (Fsp3) is 0.516. The number of hydrogen-bond acceptors (Lipinski definition) is 6. The van der Waals surface area contributed by atoms with Crippen molar-refractivity contribution in [3.8, 4) is 11.5 Å². The molecule has 0 radical (unpaired) electrons. The summed E-state index contributed by atoms with van der Waals surface area (Å²) in [5, 5.41) is 0.822. The van der Waals surface area contributed by atoms with Gasteiger partial charge in [0.25, 0.3) is 11.5 Å². The highest BCUT2D eigenvalue weighted by atomic mass is 16.5. The summed E-state index contributed by atoms with van der Waals surface area (Å²) in [6.07, 6.45) is 6.02. The highest BCUT2D eigenvalue weighted by Crippen LogP contribution is 2.44. The van der Waals surface area contributed by atoms with Gasteiger partial charge in [0.15, 0.2) is 6.61 Å². The predicted octanol–water partition coefficient (Wildman–Crippen LogP) is 3.96. The van der Waals surface area contributed by atoms with E-state index in [4.69, 9.17) is 13.9 Å². The van der Waals surface area contributed by atoms with Crippen LogP contribution in [0.3, 0.4) is 0 Å². The summed E-state index contributed by atoms with van der Waals surface area (Å²) >= 11 is 0. The van der Waals surface area contributed by atoms with E-state index in [1.54, 1.807) is 6.07 Å². The molecule has 1 amide bonds. The van der Waals surface area contributed by atoms with E-state index >= 15 is 0 Å². The van der Waals surface area contributed by atoms with Crippen molar-refractivity contribution in [2.45, 2.75) is 76.9 Å². The Hall–Kier alpha value is -3.55. The largest absolute Gasteiger partial charge is 0.487 e. The maximum absolute atomic E-state index is 13.5. The summed E-state index contributed by atoms with van der Waals surface area (Å²) in [5.41, 5.74) is 3.63. The topological polar surface area (TPSA) is 91.0 Å². The van der Waals surface area contributed by atoms with Gasteiger partial charge in [-0.15, -0.1) is 0 Å². The minimum Gasteiger partial charge on any atom is -0.487 e. The molecule has 204 valence electrons. The second kappa shape index (κ2) is 9.00. The highest BCUT2D eigenvalue weighted by molar-refractivity contribution is 5.93. The van der Waals surface area contributed by atoms with Gasteiger partial charge in [-0.05, 0) is 76.3 Å². The summed E-state index contributed by atoms with van der Waals surface area (Å²) in [5.74, 6) is 1.54. The average Bonchev–Trinajstić information content (AvgIpc) is 2.91. The van der Waals surface area contributed by atoms with E-state index in [1.807, 2.05) is 41.5 Å². The van der Waals surface area contributed by atoms with Gasteiger partial charge in [-0.2, -0.15) is 0 Å². The number of hydrogen-bond donors (Lipinski definition) is 0. The smallest absolute Gasteiger partial charge is 0.339 e.